The lowest BCUT2D eigenvalue weighted by Crippen LogP contribution is -2.60. The summed E-state index contributed by atoms with van der Waals surface area (Å²) >= 11 is 0. The molecule has 0 aromatic heterocycles. The molecule has 3 fully saturated rings. The minimum atomic E-state index is -1.80. The average Bonchev–Trinajstić information content (AvgIpc) is 3.94. The molecule has 1 N–H and O–H groups in total. The Morgan fingerprint density at radius 3 is 2.05 bits per heavy atom. The highest BCUT2D eigenvalue weighted by molar-refractivity contribution is 5.96. The average molecular weight is 813 g/mol. The van der Waals surface area contributed by atoms with Gasteiger partial charge in [0.1, 0.15) is 36.1 Å². The number of methoxy groups -OCH3 is 3. The molecule has 16 heteroatoms. The summed E-state index contributed by atoms with van der Waals surface area (Å²) in [6, 6.07) is 0. The van der Waals surface area contributed by atoms with Crippen molar-refractivity contribution in [1.29, 1.82) is 0 Å². The molecule has 8 unspecified atom stereocenters. The number of epoxide rings is 1. The van der Waals surface area contributed by atoms with Crippen molar-refractivity contribution in [3.8, 4) is 0 Å². The molecule has 17 atom stereocenters. The zero-order chi connectivity index (χ0) is 42.2. The van der Waals surface area contributed by atoms with E-state index in [1.165, 1.54) is 40.4 Å². The van der Waals surface area contributed by atoms with E-state index in [9.17, 15) is 24.3 Å². The molecular formula is C41H64O16. The van der Waals surface area contributed by atoms with Gasteiger partial charge >= 0.3 is 17.9 Å². The van der Waals surface area contributed by atoms with Gasteiger partial charge in [-0.1, -0.05) is 33.8 Å². The number of carbonyl (C=O) groups is 4. The maximum atomic E-state index is 13.5. The van der Waals surface area contributed by atoms with Crippen molar-refractivity contribution >= 4 is 23.7 Å². The zero-order valence-electron chi connectivity index (χ0n) is 35.2. The maximum Gasteiger partial charge on any atom is 0.330 e. The third kappa shape index (κ3) is 12.1. The SMILES string of the molecule is CCC(=O)O[C@H]1[C@H](OC2C(C)/C=C\C(=O)OC(C)C(CO[C@@H]3O[C@H](C)[C@@H](OC(=O)CC)[C@@H](OC)[C@H]3OC)C3OC3/C=C/C(=O)C(C)(O)CC2C)O[C@H](C)C[C@@H]1OC. The van der Waals surface area contributed by atoms with Gasteiger partial charge in [0.15, 0.2) is 30.6 Å². The van der Waals surface area contributed by atoms with Gasteiger partial charge in [-0.15, -0.1) is 0 Å². The van der Waals surface area contributed by atoms with Crippen LogP contribution < -0.4 is 0 Å². The van der Waals surface area contributed by atoms with E-state index < -0.39 is 121 Å². The van der Waals surface area contributed by atoms with Gasteiger partial charge in [-0.3, -0.25) is 14.4 Å². The maximum absolute atomic E-state index is 13.5. The van der Waals surface area contributed by atoms with Crippen LogP contribution >= 0.6 is 0 Å². The van der Waals surface area contributed by atoms with E-state index in [2.05, 4.69) is 0 Å². The molecule has 0 spiro atoms. The van der Waals surface area contributed by atoms with Crippen LogP contribution in [0.5, 0.6) is 0 Å². The van der Waals surface area contributed by atoms with Crippen LogP contribution in [0.2, 0.25) is 0 Å². The zero-order valence-corrected chi connectivity index (χ0v) is 35.2. The fourth-order valence-electron chi connectivity index (χ4n) is 7.85. The number of aliphatic hydroxyl groups is 1. The summed E-state index contributed by atoms with van der Waals surface area (Å²) in [6.07, 6.45) is -2.39. The summed E-state index contributed by atoms with van der Waals surface area (Å²) in [5.41, 5.74) is -1.80. The third-order valence-corrected chi connectivity index (χ3v) is 11.2. The Kier molecular flexibility index (Phi) is 17.2. The normalized spacial score (nSPS) is 42.9. The molecule has 0 bridgehead atoms. The summed E-state index contributed by atoms with van der Waals surface area (Å²) in [6.45, 7) is 13.8. The van der Waals surface area contributed by atoms with Crippen molar-refractivity contribution in [2.24, 2.45) is 17.8 Å². The molecule has 0 aromatic carbocycles. The highest BCUT2D eigenvalue weighted by atomic mass is 16.7. The number of ether oxygens (including phenoxy) is 11. The Hall–Kier alpha value is -2.80. The largest absolute Gasteiger partial charge is 0.459 e. The fraction of sp³-hybridized carbons (Fsp3) is 0.805. The first kappa shape index (κ1) is 46.9. The standard InChI is InChI=1S/C41H64O16/c1-12-30(43)55-34-25(7)53-39(38(49-11)37(34)48-10)50-20-26-24(6)52-32(45)17-14-21(3)33(22(4)19-41(8,46)29(42)16-15-27-35(26)54-27)57-40-36(56-31(44)13-2)28(47-9)18-23(5)51-40/h14-17,21-28,33-40,46H,12-13,18-20H2,1-11H3/b16-15+,17-14-/t21?,22?,23-,24?,25-,26?,27?,28+,33?,34-,35?,36-,37-,38-,39-,40+,41?/m1/s1. The Morgan fingerprint density at radius 2 is 1.44 bits per heavy atom. The lowest BCUT2D eigenvalue weighted by Gasteiger charge is -2.44. The number of esters is 3. The molecule has 0 aliphatic carbocycles. The van der Waals surface area contributed by atoms with Crippen LogP contribution in [0.15, 0.2) is 24.3 Å². The molecule has 0 saturated carbocycles. The van der Waals surface area contributed by atoms with Gasteiger partial charge in [0.05, 0.1) is 31.0 Å². The van der Waals surface area contributed by atoms with Crippen molar-refractivity contribution in [3.05, 3.63) is 24.3 Å². The van der Waals surface area contributed by atoms with Crippen LogP contribution in [-0.2, 0) is 71.3 Å². The molecule has 4 aliphatic heterocycles. The van der Waals surface area contributed by atoms with Crippen LogP contribution in [0.4, 0.5) is 0 Å². The third-order valence-electron chi connectivity index (χ3n) is 11.2. The van der Waals surface area contributed by atoms with Crippen LogP contribution in [0.1, 0.15) is 81.1 Å². The highest BCUT2D eigenvalue weighted by Crippen LogP contribution is 2.37. The first-order valence-electron chi connectivity index (χ1n) is 20.0. The molecule has 0 aromatic rings. The Morgan fingerprint density at radius 1 is 0.789 bits per heavy atom. The van der Waals surface area contributed by atoms with Crippen LogP contribution in [0.25, 0.3) is 0 Å². The summed E-state index contributed by atoms with van der Waals surface area (Å²) < 4.78 is 65.6. The van der Waals surface area contributed by atoms with E-state index in [-0.39, 0.29) is 32.0 Å². The van der Waals surface area contributed by atoms with Crippen molar-refractivity contribution in [2.75, 3.05) is 27.9 Å². The predicted molar refractivity (Wildman–Crippen MR) is 201 cm³/mol. The number of hydrogen-bond donors (Lipinski definition) is 1. The van der Waals surface area contributed by atoms with E-state index in [0.717, 1.165) is 0 Å². The van der Waals surface area contributed by atoms with Gasteiger partial charge < -0.3 is 57.2 Å². The Labute approximate surface area is 336 Å². The van der Waals surface area contributed by atoms with Gasteiger partial charge in [-0.25, -0.2) is 4.79 Å². The van der Waals surface area contributed by atoms with Crippen LogP contribution in [0, 0.1) is 17.8 Å². The topological polar surface area (TPSA) is 193 Å². The second kappa shape index (κ2) is 20.9. The van der Waals surface area contributed by atoms with E-state index in [4.69, 9.17) is 52.1 Å². The smallest absolute Gasteiger partial charge is 0.330 e. The lowest BCUT2D eigenvalue weighted by molar-refractivity contribution is -0.307. The second-order valence-electron chi connectivity index (χ2n) is 15.8. The molecule has 16 nitrogen and oxygen atoms in total. The highest BCUT2D eigenvalue weighted by Gasteiger charge is 2.51. The molecule has 0 radical (unpaired) electrons. The molecule has 4 heterocycles. The Balaban J connectivity index is 1.57. The predicted octanol–water partition coefficient (Wildman–Crippen LogP) is 3.38. The second-order valence-corrected chi connectivity index (χ2v) is 15.8. The number of hydrogen-bond acceptors (Lipinski definition) is 16. The van der Waals surface area contributed by atoms with Crippen molar-refractivity contribution in [1.82, 2.24) is 0 Å². The van der Waals surface area contributed by atoms with E-state index in [0.29, 0.717) is 6.42 Å². The number of fused-ring (bicyclic) bond motifs is 1. The van der Waals surface area contributed by atoms with E-state index in [1.807, 2.05) is 20.8 Å². The molecule has 4 rings (SSSR count). The molecule has 0 amide bonds. The monoisotopic (exact) mass is 812 g/mol. The number of ketones is 1. The van der Waals surface area contributed by atoms with E-state index >= 15 is 0 Å². The van der Waals surface area contributed by atoms with E-state index in [1.54, 1.807) is 39.8 Å². The van der Waals surface area contributed by atoms with Crippen molar-refractivity contribution in [3.63, 3.8) is 0 Å². The summed E-state index contributed by atoms with van der Waals surface area (Å²) in [7, 11) is 4.49. The van der Waals surface area contributed by atoms with Gasteiger partial charge in [0.2, 0.25) is 0 Å². The molecule has 3 saturated heterocycles. The number of cyclic esters (lactones) is 1. The minimum absolute atomic E-state index is 0.0112. The van der Waals surface area contributed by atoms with Crippen molar-refractivity contribution < 1.29 is 76.4 Å². The van der Waals surface area contributed by atoms with Gasteiger partial charge in [0.25, 0.3) is 0 Å². The van der Waals surface area contributed by atoms with Crippen molar-refractivity contribution in [2.45, 2.75) is 166 Å². The molecule has 324 valence electrons. The summed E-state index contributed by atoms with van der Waals surface area (Å²) in [5, 5.41) is 11.5. The van der Waals surface area contributed by atoms with Crippen LogP contribution in [0.3, 0.4) is 0 Å². The lowest BCUT2D eigenvalue weighted by atomic mass is 9.82. The summed E-state index contributed by atoms with van der Waals surface area (Å²) in [4.78, 5) is 51.6. The molecular weight excluding hydrogens is 748 g/mol. The van der Waals surface area contributed by atoms with Gasteiger partial charge in [-0.2, -0.15) is 0 Å². The number of rotatable bonds is 12. The van der Waals surface area contributed by atoms with Crippen LogP contribution in [-0.4, -0.2) is 142 Å². The number of carbonyl (C=O) groups excluding carboxylic acids is 4. The molecule has 57 heavy (non-hydrogen) atoms. The minimum Gasteiger partial charge on any atom is -0.459 e. The first-order chi connectivity index (χ1) is 27.0. The summed E-state index contributed by atoms with van der Waals surface area (Å²) in [5.74, 6) is -3.50. The van der Waals surface area contributed by atoms with Gasteiger partial charge in [-0.05, 0) is 52.2 Å². The quantitative estimate of drug-likeness (QED) is 0.171. The first-order valence-corrected chi connectivity index (χ1v) is 20.0. The van der Waals surface area contributed by atoms with Gasteiger partial charge in [0, 0.05) is 58.5 Å². The molecule has 4 aliphatic rings. The fourth-order valence-corrected chi connectivity index (χ4v) is 7.85. The Bertz CT molecular complexity index is 1410.